The van der Waals surface area contributed by atoms with E-state index >= 15 is 0 Å². The molecule has 2 aromatic carbocycles. The van der Waals surface area contributed by atoms with E-state index in [2.05, 4.69) is 15.5 Å². The number of hydrogen-bond donors (Lipinski definition) is 3. The Balaban J connectivity index is 1.24. The number of rotatable bonds is 7. The molecule has 0 bridgehead atoms. The lowest BCUT2D eigenvalue weighted by Gasteiger charge is -2.16. The topological polar surface area (TPSA) is 144 Å². The fraction of sp³-hybridized carbons (Fsp3) is 0.250. The highest BCUT2D eigenvalue weighted by atomic mass is 16.6. The van der Waals surface area contributed by atoms with Gasteiger partial charge >= 0.3 is 11.8 Å². The summed E-state index contributed by atoms with van der Waals surface area (Å²) in [6.45, 7) is 1.31. The Morgan fingerprint density at radius 1 is 1.20 bits per heavy atom. The van der Waals surface area contributed by atoms with Gasteiger partial charge in [-0.1, -0.05) is 18.2 Å². The molecule has 11 nitrogen and oxygen atoms in total. The van der Waals surface area contributed by atoms with E-state index in [1.165, 1.54) is 17.0 Å². The maximum absolute atomic E-state index is 12.0. The molecule has 0 unspecified atom stereocenters. The summed E-state index contributed by atoms with van der Waals surface area (Å²) in [5.41, 5.74) is 2.16. The van der Waals surface area contributed by atoms with Gasteiger partial charge in [0.1, 0.15) is 30.4 Å². The minimum atomic E-state index is -0.966. The Hall–Kier alpha value is -4.22. The largest absolute Gasteiger partial charge is 0.457 e. The first-order valence-electron chi connectivity index (χ1n) is 10.8. The van der Waals surface area contributed by atoms with Crippen LogP contribution in [0.15, 0.2) is 75.5 Å². The molecular formula is C24H24N4O7. The molecule has 1 aliphatic heterocycles. The number of aryl methyl sites for hydroxylation is 1. The van der Waals surface area contributed by atoms with Gasteiger partial charge in [0.05, 0.1) is 12.3 Å². The summed E-state index contributed by atoms with van der Waals surface area (Å²) < 4.78 is 17.6. The SMILES string of the molecule is Cc1cn([C@H]2C[C@H](O)[C@@H](COC(=O)N/N=C/c3ccc(Oc4ccccc4)cc3)O2)c(=O)[nH]c1=O. The van der Waals surface area contributed by atoms with Crippen LogP contribution in [-0.2, 0) is 9.47 Å². The Kier molecular flexibility index (Phi) is 7.38. The van der Waals surface area contributed by atoms with Crippen LogP contribution in [0.1, 0.15) is 23.8 Å². The molecule has 3 N–H and O–H groups in total. The van der Waals surface area contributed by atoms with Crippen LogP contribution in [0.25, 0.3) is 0 Å². The quantitative estimate of drug-likeness (QED) is 0.347. The van der Waals surface area contributed by atoms with Crippen molar-refractivity contribution in [3.05, 3.63) is 92.8 Å². The lowest BCUT2D eigenvalue weighted by molar-refractivity contribution is -0.0489. The summed E-state index contributed by atoms with van der Waals surface area (Å²) in [6, 6.07) is 16.5. The number of ether oxygens (including phenoxy) is 3. The van der Waals surface area contributed by atoms with E-state index in [4.69, 9.17) is 14.2 Å². The maximum Gasteiger partial charge on any atom is 0.427 e. The van der Waals surface area contributed by atoms with Crippen molar-refractivity contribution in [2.45, 2.75) is 31.8 Å². The molecule has 3 atom stereocenters. The number of aromatic nitrogens is 2. The van der Waals surface area contributed by atoms with Crippen LogP contribution in [0, 0.1) is 6.92 Å². The maximum atomic E-state index is 12.0. The summed E-state index contributed by atoms with van der Waals surface area (Å²) in [6.07, 6.45) is -0.529. The fourth-order valence-corrected chi connectivity index (χ4v) is 3.43. The molecule has 0 radical (unpaired) electrons. The van der Waals surface area contributed by atoms with Gasteiger partial charge in [0.25, 0.3) is 5.56 Å². The first kappa shape index (κ1) is 23.9. The van der Waals surface area contributed by atoms with Gasteiger partial charge in [-0.3, -0.25) is 14.3 Å². The van der Waals surface area contributed by atoms with Crippen LogP contribution < -0.4 is 21.4 Å². The molecule has 3 aromatic rings. The number of hydrogen-bond acceptors (Lipinski definition) is 8. The minimum absolute atomic E-state index is 0.100. The van der Waals surface area contributed by atoms with Crippen molar-refractivity contribution in [1.82, 2.24) is 15.0 Å². The van der Waals surface area contributed by atoms with Gasteiger partial charge in [-0.2, -0.15) is 5.10 Å². The van der Waals surface area contributed by atoms with Gasteiger partial charge in [-0.05, 0) is 48.9 Å². The van der Waals surface area contributed by atoms with Crippen molar-refractivity contribution in [2.75, 3.05) is 6.61 Å². The average Bonchev–Trinajstić information content (AvgIpc) is 3.22. The number of amides is 1. The van der Waals surface area contributed by atoms with Gasteiger partial charge in [0, 0.05) is 18.2 Å². The molecule has 4 rings (SSSR count). The predicted octanol–water partition coefficient (Wildman–Crippen LogP) is 2.05. The van der Waals surface area contributed by atoms with Crippen molar-refractivity contribution < 1.29 is 24.1 Å². The third-order valence-corrected chi connectivity index (χ3v) is 5.27. The monoisotopic (exact) mass is 480 g/mol. The number of aliphatic hydroxyl groups excluding tert-OH is 1. The summed E-state index contributed by atoms with van der Waals surface area (Å²) >= 11 is 0. The molecule has 11 heteroatoms. The molecule has 1 aliphatic rings. The second-order valence-corrected chi connectivity index (χ2v) is 7.86. The molecule has 0 aliphatic carbocycles. The van der Waals surface area contributed by atoms with Crippen LogP contribution in [-0.4, -0.2) is 45.8 Å². The van der Waals surface area contributed by atoms with Crippen LogP contribution >= 0.6 is 0 Å². The number of para-hydroxylation sites is 1. The van der Waals surface area contributed by atoms with Crippen molar-refractivity contribution in [2.24, 2.45) is 5.10 Å². The van der Waals surface area contributed by atoms with E-state index < -0.39 is 35.8 Å². The van der Waals surface area contributed by atoms with Gasteiger partial charge in [0.2, 0.25) is 0 Å². The van der Waals surface area contributed by atoms with Crippen LogP contribution in [0.2, 0.25) is 0 Å². The number of aliphatic hydroxyl groups is 1. The van der Waals surface area contributed by atoms with Crippen molar-refractivity contribution in [3.8, 4) is 11.5 Å². The molecular weight excluding hydrogens is 456 g/mol. The molecule has 2 heterocycles. The summed E-state index contributed by atoms with van der Waals surface area (Å²) in [4.78, 5) is 37.7. The smallest absolute Gasteiger partial charge is 0.427 e. The van der Waals surface area contributed by atoms with E-state index in [1.807, 2.05) is 30.3 Å². The van der Waals surface area contributed by atoms with E-state index in [-0.39, 0.29) is 13.0 Å². The van der Waals surface area contributed by atoms with E-state index in [0.29, 0.717) is 11.3 Å². The number of benzene rings is 2. The Morgan fingerprint density at radius 3 is 2.66 bits per heavy atom. The number of aromatic amines is 1. The first-order chi connectivity index (χ1) is 16.9. The van der Waals surface area contributed by atoms with Gasteiger partial charge < -0.3 is 19.3 Å². The summed E-state index contributed by atoms with van der Waals surface area (Å²) in [5.74, 6) is 1.38. The highest BCUT2D eigenvalue weighted by Gasteiger charge is 2.36. The summed E-state index contributed by atoms with van der Waals surface area (Å²) in [5, 5.41) is 14.1. The zero-order valence-electron chi connectivity index (χ0n) is 18.8. The number of hydrazone groups is 1. The number of nitrogens with zero attached hydrogens (tertiary/aromatic N) is 2. The standard InChI is InChI=1S/C24H24N4O7/c1-15-13-28(23(31)26-22(15)30)21-11-19(29)20(35-21)14-33-24(32)27-25-12-16-7-9-18(10-8-16)34-17-5-3-2-4-6-17/h2-10,12-13,19-21,29H,11,14H2,1H3,(H,27,32)(H,26,30,31)/b25-12+/t19-,20+,21+/m0/s1. The molecule has 1 fully saturated rings. The van der Waals surface area contributed by atoms with Crippen molar-refractivity contribution in [3.63, 3.8) is 0 Å². The Labute approximate surface area is 199 Å². The lowest BCUT2D eigenvalue weighted by Crippen LogP contribution is -2.33. The number of H-pyrrole nitrogens is 1. The van der Waals surface area contributed by atoms with Gasteiger partial charge in [-0.15, -0.1) is 0 Å². The van der Waals surface area contributed by atoms with Crippen LogP contribution in [0.3, 0.4) is 0 Å². The Morgan fingerprint density at radius 2 is 1.91 bits per heavy atom. The lowest BCUT2D eigenvalue weighted by atomic mass is 10.2. The second kappa shape index (κ2) is 10.8. The highest BCUT2D eigenvalue weighted by Crippen LogP contribution is 2.27. The number of nitrogens with one attached hydrogen (secondary N) is 2. The third-order valence-electron chi connectivity index (χ3n) is 5.27. The van der Waals surface area contributed by atoms with E-state index in [0.717, 1.165) is 11.3 Å². The normalized spacial score (nSPS) is 19.5. The number of carbonyl (C=O) groups excluding carboxylic acids is 1. The predicted molar refractivity (Wildman–Crippen MR) is 126 cm³/mol. The average molecular weight is 480 g/mol. The summed E-state index contributed by atoms with van der Waals surface area (Å²) in [7, 11) is 0. The zero-order chi connectivity index (χ0) is 24.8. The molecule has 1 saturated heterocycles. The van der Waals surface area contributed by atoms with E-state index in [9.17, 15) is 19.5 Å². The van der Waals surface area contributed by atoms with Crippen LogP contribution in [0.5, 0.6) is 11.5 Å². The third kappa shape index (κ3) is 6.22. The number of carbonyl (C=O) groups is 1. The van der Waals surface area contributed by atoms with Gasteiger partial charge in [0.15, 0.2) is 0 Å². The second-order valence-electron chi connectivity index (χ2n) is 7.86. The highest BCUT2D eigenvalue weighted by molar-refractivity contribution is 5.81. The molecule has 1 aromatic heterocycles. The molecule has 1 amide bonds. The first-order valence-corrected chi connectivity index (χ1v) is 10.8. The molecule has 0 saturated carbocycles. The van der Waals surface area contributed by atoms with Crippen molar-refractivity contribution >= 4 is 12.3 Å². The zero-order valence-corrected chi connectivity index (χ0v) is 18.8. The van der Waals surface area contributed by atoms with Gasteiger partial charge in [-0.25, -0.2) is 15.0 Å². The van der Waals surface area contributed by atoms with Crippen LogP contribution in [0.4, 0.5) is 4.79 Å². The van der Waals surface area contributed by atoms with E-state index in [1.54, 1.807) is 31.2 Å². The Bertz CT molecular complexity index is 1300. The molecule has 182 valence electrons. The molecule has 35 heavy (non-hydrogen) atoms. The molecule has 0 spiro atoms. The minimum Gasteiger partial charge on any atom is -0.457 e. The van der Waals surface area contributed by atoms with Crippen molar-refractivity contribution in [1.29, 1.82) is 0 Å². The fourth-order valence-electron chi connectivity index (χ4n) is 3.43.